The number of halogens is 1. The zero-order valence-corrected chi connectivity index (χ0v) is 11.2. The van der Waals surface area contributed by atoms with Crippen molar-refractivity contribution in [2.24, 2.45) is 0 Å². The molecule has 0 amide bonds. The quantitative estimate of drug-likeness (QED) is 0.822. The van der Waals surface area contributed by atoms with Gasteiger partial charge in [-0.2, -0.15) is 0 Å². The van der Waals surface area contributed by atoms with Gasteiger partial charge in [-0.05, 0) is 25.7 Å². The van der Waals surface area contributed by atoms with Crippen LogP contribution in [0.5, 0.6) is 5.75 Å². The van der Waals surface area contributed by atoms with Crippen LogP contribution in [0.15, 0.2) is 12.1 Å². The summed E-state index contributed by atoms with van der Waals surface area (Å²) >= 11 is 0. The zero-order valence-electron chi connectivity index (χ0n) is 11.2. The summed E-state index contributed by atoms with van der Waals surface area (Å²) < 4.78 is 18.6. The molecular weight excluding hydrogens is 247 g/mol. The van der Waals surface area contributed by atoms with Gasteiger partial charge in [-0.3, -0.25) is 0 Å². The Labute approximate surface area is 113 Å². The van der Waals surface area contributed by atoms with Crippen LogP contribution in [0, 0.1) is 5.82 Å². The van der Waals surface area contributed by atoms with E-state index >= 15 is 0 Å². The number of nitrogens with zero attached hydrogens (tertiary/aromatic N) is 1. The number of methoxy groups -OCH3 is 1. The van der Waals surface area contributed by atoms with Gasteiger partial charge in [0.2, 0.25) is 0 Å². The summed E-state index contributed by atoms with van der Waals surface area (Å²) in [7, 11) is 1.44. The number of hydrogen-bond donors (Lipinski definition) is 2. The Bertz CT molecular complexity index is 438. The molecule has 4 nitrogen and oxygen atoms in total. The zero-order chi connectivity index (χ0) is 13.8. The molecule has 1 heterocycles. The van der Waals surface area contributed by atoms with Crippen LogP contribution in [0.1, 0.15) is 25.7 Å². The number of hydrogen-bond acceptors (Lipinski definition) is 4. The van der Waals surface area contributed by atoms with Crippen molar-refractivity contribution in [3.05, 3.63) is 17.9 Å². The SMILES string of the molecule is COc1cc(N2CCCCC2CCO)c(N)cc1F. The van der Waals surface area contributed by atoms with E-state index in [9.17, 15) is 4.39 Å². The number of rotatable bonds is 4. The van der Waals surface area contributed by atoms with Gasteiger partial charge >= 0.3 is 0 Å². The molecule has 0 bridgehead atoms. The lowest BCUT2D eigenvalue weighted by Crippen LogP contribution is -2.40. The Balaban J connectivity index is 2.32. The van der Waals surface area contributed by atoms with Crippen LogP contribution >= 0.6 is 0 Å². The Hall–Kier alpha value is -1.49. The van der Waals surface area contributed by atoms with Crippen molar-refractivity contribution in [2.75, 3.05) is 30.9 Å². The third-order valence-corrected chi connectivity index (χ3v) is 3.70. The molecular formula is C14H21FN2O2. The molecule has 0 spiro atoms. The highest BCUT2D eigenvalue weighted by Gasteiger charge is 2.24. The Morgan fingerprint density at radius 1 is 1.47 bits per heavy atom. The molecule has 0 radical (unpaired) electrons. The maximum atomic E-state index is 13.6. The van der Waals surface area contributed by atoms with Gasteiger partial charge in [0.25, 0.3) is 0 Å². The third-order valence-electron chi connectivity index (χ3n) is 3.70. The second-order valence-corrected chi connectivity index (χ2v) is 4.90. The van der Waals surface area contributed by atoms with Crippen LogP contribution < -0.4 is 15.4 Å². The van der Waals surface area contributed by atoms with Gasteiger partial charge in [-0.15, -0.1) is 0 Å². The molecule has 1 aromatic carbocycles. The summed E-state index contributed by atoms with van der Waals surface area (Å²) in [5.74, 6) is -0.239. The highest BCUT2D eigenvalue weighted by atomic mass is 19.1. The molecule has 2 rings (SSSR count). The van der Waals surface area contributed by atoms with E-state index in [0.29, 0.717) is 12.1 Å². The number of nitrogen functional groups attached to an aromatic ring is 1. The molecule has 19 heavy (non-hydrogen) atoms. The molecule has 1 fully saturated rings. The van der Waals surface area contributed by atoms with E-state index in [0.717, 1.165) is 31.5 Å². The second-order valence-electron chi connectivity index (χ2n) is 4.90. The molecule has 1 aromatic rings. The number of nitrogens with two attached hydrogens (primary N) is 1. The van der Waals surface area contributed by atoms with Gasteiger partial charge in [0.05, 0.1) is 18.5 Å². The number of anilines is 2. The van der Waals surface area contributed by atoms with Crippen molar-refractivity contribution in [1.82, 2.24) is 0 Å². The first kappa shape index (κ1) is 13.9. The molecule has 1 unspecified atom stereocenters. The van der Waals surface area contributed by atoms with Crippen molar-refractivity contribution in [2.45, 2.75) is 31.7 Å². The van der Waals surface area contributed by atoms with Crippen molar-refractivity contribution in [3.8, 4) is 5.75 Å². The number of piperidine rings is 1. The number of aliphatic hydroxyl groups excluding tert-OH is 1. The maximum Gasteiger partial charge on any atom is 0.167 e. The van der Waals surface area contributed by atoms with E-state index in [2.05, 4.69) is 4.90 Å². The Morgan fingerprint density at radius 2 is 2.26 bits per heavy atom. The fraction of sp³-hybridized carbons (Fsp3) is 0.571. The van der Waals surface area contributed by atoms with E-state index < -0.39 is 5.82 Å². The standard InChI is InChI=1S/C14H21FN2O2/c1-19-14-9-13(12(16)8-11(14)15)17-6-3-2-4-10(17)5-7-18/h8-10,18H,2-7,16H2,1H3. The van der Waals surface area contributed by atoms with E-state index in [1.165, 1.54) is 13.2 Å². The molecule has 0 aliphatic carbocycles. The third kappa shape index (κ3) is 2.92. The number of aliphatic hydroxyl groups is 1. The Morgan fingerprint density at radius 3 is 2.95 bits per heavy atom. The van der Waals surface area contributed by atoms with E-state index in [1.807, 2.05) is 0 Å². The smallest absolute Gasteiger partial charge is 0.167 e. The molecule has 3 N–H and O–H groups in total. The van der Waals surface area contributed by atoms with Crippen LogP contribution in [0.2, 0.25) is 0 Å². The van der Waals surface area contributed by atoms with Gasteiger partial charge in [0.15, 0.2) is 11.6 Å². The molecule has 1 atom stereocenters. The average Bonchev–Trinajstić information content (AvgIpc) is 2.40. The van der Waals surface area contributed by atoms with Crippen molar-refractivity contribution in [1.29, 1.82) is 0 Å². The molecule has 106 valence electrons. The van der Waals surface area contributed by atoms with Crippen molar-refractivity contribution >= 4 is 11.4 Å². The van der Waals surface area contributed by atoms with Gasteiger partial charge < -0.3 is 20.5 Å². The van der Waals surface area contributed by atoms with E-state index in [-0.39, 0.29) is 18.4 Å². The lowest BCUT2D eigenvalue weighted by Gasteiger charge is -2.38. The van der Waals surface area contributed by atoms with Crippen LogP contribution in [0.25, 0.3) is 0 Å². The summed E-state index contributed by atoms with van der Waals surface area (Å²) in [5.41, 5.74) is 7.16. The monoisotopic (exact) mass is 268 g/mol. The van der Waals surface area contributed by atoms with Crippen molar-refractivity contribution < 1.29 is 14.2 Å². The van der Waals surface area contributed by atoms with Gasteiger partial charge in [0, 0.05) is 31.3 Å². The minimum absolute atomic E-state index is 0.152. The fourth-order valence-corrected chi connectivity index (χ4v) is 2.73. The predicted octanol–water partition coefficient (Wildman–Crippen LogP) is 2.16. The van der Waals surface area contributed by atoms with Gasteiger partial charge in [-0.1, -0.05) is 0 Å². The first-order valence-electron chi connectivity index (χ1n) is 6.68. The van der Waals surface area contributed by atoms with Crippen LogP contribution in [-0.4, -0.2) is 31.4 Å². The molecule has 0 aromatic heterocycles. The maximum absolute atomic E-state index is 13.6. The summed E-state index contributed by atoms with van der Waals surface area (Å²) in [5, 5.41) is 9.15. The van der Waals surface area contributed by atoms with Crippen molar-refractivity contribution in [3.63, 3.8) is 0 Å². The lowest BCUT2D eigenvalue weighted by atomic mass is 9.98. The molecule has 1 aliphatic heterocycles. The van der Waals surface area contributed by atoms with Gasteiger partial charge in [0.1, 0.15) is 0 Å². The largest absolute Gasteiger partial charge is 0.494 e. The predicted molar refractivity (Wildman–Crippen MR) is 74.1 cm³/mol. The first-order chi connectivity index (χ1) is 9.17. The highest BCUT2D eigenvalue weighted by Crippen LogP contribution is 2.35. The highest BCUT2D eigenvalue weighted by molar-refractivity contribution is 5.70. The van der Waals surface area contributed by atoms with Crippen LogP contribution in [-0.2, 0) is 0 Å². The second kappa shape index (κ2) is 6.10. The normalized spacial score (nSPS) is 19.5. The summed E-state index contributed by atoms with van der Waals surface area (Å²) in [6.07, 6.45) is 3.97. The van der Waals surface area contributed by atoms with E-state index in [1.54, 1.807) is 6.07 Å². The minimum Gasteiger partial charge on any atom is -0.494 e. The lowest BCUT2D eigenvalue weighted by molar-refractivity contribution is 0.262. The summed E-state index contributed by atoms with van der Waals surface area (Å²) in [4.78, 5) is 2.16. The van der Waals surface area contributed by atoms with Gasteiger partial charge in [-0.25, -0.2) is 4.39 Å². The molecule has 1 aliphatic rings. The fourth-order valence-electron chi connectivity index (χ4n) is 2.73. The van der Waals surface area contributed by atoms with Crippen LogP contribution in [0.4, 0.5) is 15.8 Å². The summed E-state index contributed by atoms with van der Waals surface area (Å²) in [6.45, 7) is 1.03. The first-order valence-corrected chi connectivity index (χ1v) is 6.68. The minimum atomic E-state index is -0.445. The Kier molecular flexibility index (Phi) is 4.47. The van der Waals surface area contributed by atoms with Crippen LogP contribution in [0.3, 0.4) is 0 Å². The number of benzene rings is 1. The van der Waals surface area contributed by atoms with E-state index in [4.69, 9.17) is 15.6 Å². The summed E-state index contributed by atoms with van der Waals surface area (Å²) in [6, 6.07) is 3.22. The molecule has 5 heteroatoms. The average molecular weight is 268 g/mol. The number of ether oxygens (including phenoxy) is 1. The molecule has 1 saturated heterocycles. The molecule has 0 saturated carbocycles. The topological polar surface area (TPSA) is 58.7 Å².